The van der Waals surface area contributed by atoms with E-state index in [1.54, 1.807) is 12.3 Å². The molecule has 5 heteroatoms. The highest BCUT2D eigenvalue weighted by molar-refractivity contribution is 7.80. The molecule has 1 aromatic heterocycles. The summed E-state index contributed by atoms with van der Waals surface area (Å²) < 4.78 is 0. The van der Waals surface area contributed by atoms with Gasteiger partial charge in [0.05, 0.1) is 0 Å². The molecule has 0 aliphatic rings. The minimum absolute atomic E-state index is 0.536. The van der Waals surface area contributed by atoms with Gasteiger partial charge in [-0.2, -0.15) is 0 Å². The largest absolute Gasteiger partial charge is 0.351 e. The number of nitrogens with one attached hydrogen (secondary N) is 2. The first kappa shape index (κ1) is 17.1. The summed E-state index contributed by atoms with van der Waals surface area (Å²) >= 11 is 5.36. The first-order valence-corrected chi connectivity index (χ1v) is 8.13. The SMILES string of the molecule is CCC/C=C/NC(=S)c1ccnc(Nc2cc(C)cc(C)c2)n1. The number of hydrogen-bond donors (Lipinski definition) is 2. The third-order valence-corrected chi connectivity index (χ3v) is 3.48. The fourth-order valence-electron chi connectivity index (χ4n) is 2.18. The van der Waals surface area contributed by atoms with E-state index in [1.807, 2.05) is 6.20 Å². The summed E-state index contributed by atoms with van der Waals surface area (Å²) in [4.78, 5) is 9.31. The lowest BCUT2D eigenvalue weighted by Gasteiger charge is -2.09. The number of thiocarbonyl (C=S) groups is 1. The maximum absolute atomic E-state index is 5.36. The van der Waals surface area contributed by atoms with Crippen molar-refractivity contribution in [2.45, 2.75) is 33.6 Å². The molecule has 4 nitrogen and oxygen atoms in total. The van der Waals surface area contributed by atoms with Crippen molar-refractivity contribution in [1.29, 1.82) is 0 Å². The molecule has 120 valence electrons. The minimum atomic E-state index is 0.536. The van der Waals surface area contributed by atoms with Crippen molar-refractivity contribution >= 4 is 28.8 Å². The summed E-state index contributed by atoms with van der Waals surface area (Å²) in [5.41, 5.74) is 4.06. The van der Waals surface area contributed by atoms with Crippen molar-refractivity contribution in [2.75, 3.05) is 5.32 Å². The van der Waals surface area contributed by atoms with Gasteiger partial charge in [0.1, 0.15) is 10.7 Å². The van der Waals surface area contributed by atoms with Crippen molar-refractivity contribution in [3.63, 3.8) is 0 Å². The number of allylic oxidation sites excluding steroid dienone is 1. The zero-order valence-corrected chi connectivity index (χ0v) is 14.6. The second-order valence-corrected chi connectivity index (χ2v) is 5.84. The lowest BCUT2D eigenvalue weighted by atomic mass is 10.1. The van der Waals surface area contributed by atoms with Crippen LogP contribution in [0.15, 0.2) is 42.7 Å². The second kappa shape index (κ2) is 8.39. The molecule has 0 amide bonds. The third kappa shape index (κ3) is 5.45. The zero-order valence-electron chi connectivity index (χ0n) is 13.8. The van der Waals surface area contributed by atoms with Crippen LogP contribution in [-0.2, 0) is 0 Å². The molecule has 0 aliphatic heterocycles. The van der Waals surface area contributed by atoms with E-state index in [9.17, 15) is 0 Å². The topological polar surface area (TPSA) is 49.8 Å². The normalized spacial score (nSPS) is 10.7. The third-order valence-electron chi connectivity index (χ3n) is 3.15. The number of aryl methyl sites for hydroxylation is 2. The Hall–Kier alpha value is -2.27. The highest BCUT2D eigenvalue weighted by Crippen LogP contribution is 2.17. The van der Waals surface area contributed by atoms with Gasteiger partial charge in [-0.15, -0.1) is 0 Å². The van der Waals surface area contributed by atoms with E-state index < -0.39 is 0 Å². The monoisotopic (exact) mass is 326 g/mol. The van der Waals surface area contributed by atoms with Crippen LogP contribution in [0.2, 0.25) is 0 Å². The van der Waals surface area contributed by atoms with Crippen LogP contribution < -0.4 is 10.6 Å². The van der Waals surface area contributed by atoms with Gasteiger partial charge in [0, 0.05) is 11.9 Å². The first-order chi connectivity index (χ1) is 11.1. The molecule has 0 spiro atoms. The van der Waals surface area contributed by atoms with Gasteiger partial charge in [0.15, 0.2) is 0 Å². The molecular weight excluding hydrogens is 304 g/mol. The van der Waals surface area contributed by atoms with Crippen molar-refractivity contribution in [3.05, 3.63) is 59.6 Å². The van der Waals surface area contributed by atoms with Crippen LogP contribution in [0.3, 0.4) is 0 Å². The van der Waals surface area contributed by atoms with Crippen molar-refractivity contribution in [2.24, 2.45) is 0 Å². The standard InChI is InChI=1S/C18H22N4S/c1-4-5-6-8-19-17(23)16-7-9-20-18(22-16)21-15-11-13(2)10-14(3)12-15/h6-12H,4-5H2,1-3H3,(H,19,23)(H,20,21,22)/b8-6+. The fraction of sp³-hybridized carbons (Fsp3) is 0.278. The molecular formula is C18H22N4S. The molecule has 0 aliphatic carbocycles. The van der Waals surface area contributed by atoms with E-state index in [2.05, 4.69) is 65.6 Å². The maximum atomic E-state index is 5.36. The van der Waals surface area contributed by atoms with E-state index in [4.69, 9.17) is 12.2 Å². The zero-order chi connectivity index (χ0) is 16.7. The van der Waals surface area contributed by atoms with Crippen LogP contribution in [-0.4, -0.2) is 15.0 Å². The smallest absolute Gasteiger partial charge is 0.227 e. The Kier molecular flexibility index (Phi) is 6.23. The van der Waals surface area contributed by atoms with E-state index in [0.717, 1.165) is 18.5 Å². The fourth-order valence-corrected chi connectivity index (χ4v) is 2.36. The number of unbranched alkanes of at least 4 members (excludes halogenated alkanes) is 1. The summed E-state index contributed by atoms with van der Waals surface area (Å²) in [7, 11) is 0. The number of hydrogen-bond acceptors (Lipinski definition) is 4. The van der Waals surface area contributed by atoms with Crippen molar-refractivity contribution < 1.29 is 0 Å². The highest BCUT2D eigenvalue weighted by atomic mass is 32.1. The minimum Gasteiger partial charge on any atom is -0.351 e. The summed E-state index contributed by atoms with van der Waals surface area (Å²) in [6.07, 6.45) is 7.77. The Balaban J connectivity index is 2.08. The number of aromatic nitrogens is 2. The van der Waals surface area contributed by atoms with Gasteiger partial charge in [-0.05, 0) is 55.8 Å². The highest BCUT2D eigenvalue weighted by Gasteiger charge is 2.04. The van der Waals surface area contributed by atoms with Gasteiger partial charge in [-0.3, -0.25) is 0 Å². The molecule has 1 heterocycles. The van der Waals surface area contributed by atoms with E-state index in [1.165, 1.54) is 11.1 Å². The van der Waals surface area contributed by atoms with E-state index in [-0.39, 0.29) is 0 Å². The van der Waals surface area contributed by atoms with Gasteiger partial charge < -0.3 is 10.6 Å². The Bertz CT molecular complexity index is 690. The van der Waals surface area contributed by atoms with Gasteiger partial charge in [-0.1, -0.05) is 37.7 Å². The Morgan fingerprint density at radius 2 is 1.96 bits per heavy atom. The number of rotatable bonds is 6. The average molecular weight is 326 g/mol. The molecule has 0 unspecified atom stereocenters. The van der Waals surface area contributed by atoms with Crippen molar-refractivity contribution in [1.82, 2.24) is 15.3 Å². The summed E-state index contributed by atoms with van der Waals surface area (Å²) in [6.45, 7) is 6.27. The second-order valence-electron chi connectivity index (χ2n) is 5.43. The lowest BCUT2D eigenvalue weighted by molar-refractivity contribution is 0.952. The molecule has 0 saturated heterocycles. The molecule has 0 atom stereocenters. The van der Waals surface area contributed by atoms with Crippen molar-refractivity contribution in [3.8, 4) is 0 Å². The molecule has 23 heavy (non-hydrogen) atoms. The van der Waals surface area contributed by atoms with Gasteiger partial charge in [-0.25, -0.2) is 9.97 Å². The van der Waals surface area contributed by atoms with E-state index >= 15 is 0 Å². The number of anilines is 2. The molecule has 0 radical (unpaired) electrons. The Labute approximate surface area is 143 Å². The van der Waals surface area contributed by atoms with Gasteiger partial charge >= 0.3 is 0 Å². The van der Waals surface area contributed by atoms with Crippen LogP contribution in [0.1, 0.15) is 36.6 Å². The molecule has 0 saturated carbocycles. The number of benzene rings is 1. The summed E-state index contributed by atoms with van der Waals surface area (Å²) in [6, 6.07) is 8.06. The van der Waals surface area contributed by atoms with Crippen LogP contribution >= 0.6 is 12.2 Å². The summed E-state index contributed by atoms with van der Waals surface area (Å²) in [5.74, 6) is 0.536. The average Bonchev–Trinajstić information content (AvgIpc) is 2.50. The predicted octanol–water partition coefficient (Wildman–Crippen LogP) is 4.42. The molecule has 0 bridgehead atoms. The maximum Gasteiger partial charge on any atom is 0.227 e. The molecule has 0 fully saturated rings. The molecule has 2 rings (SSSR count). The Morgan fingerprint density at radius 1 is 1.22 bits per heavy atom. The summed E-state index contributed by atoms with van der Waals surface area (Å²) in [5, 5.41) is 6.31. The van der Waals surface area contributed by atoms with Crippen LogP contribution in [0.5, 0.6) is 0 Å². The number of nitrogens with zero attached hydrogens (tertiary/aromatic N) is 2. The molecule has 2 N–H and O–H groups in total. The van der Waals surface area contributed by atoms with Gasteiger partial charge in [0.25, 0.3) is 0 Å². The predicted molar refractivity (Wildman–Crippen MR) is 100 cm³/mol. The molecule has 1 aromatic carbocycles. The quantitative estimate of drug-likeness (QED) is 0.770. The van der Waals surface area contributed by atoms with Crippen LogP contribution in [0.4, 0.5) is 11.6 Å². The van der Waals surface area contributed by atoms with Crippen LogP contribution in [0, 0.1) is 13.8 Å². The lowest BCUT2D eigenvalue weighted by Crippen LogP contribution is -2.17. The first-order valence-electron chi connectivity index (χ1n) is 7.72. The van der Waals surface area contributed by atoms with E-state index in [0.29, 0.717) is 16.6 Å². The molecule has 2 aromatic rings. The van der Waals surface area contributed by atoms with Crippen LogP contribution in [0.25, 0.3) is 0 Å². The Morgan fingerprint density at radius 3 is 2.65 bits per heavy atom. The van der Waals surface area contributed by atoms with Gasteiger partial charge in [0.2, 0.25) is 5.95 Å².